The maximum absolute atomic E-state index is 5.56. The summed E-state index contributed by atoms with van der Waals surface area (Å²) in [4.78, 5) is 7.63. The van der Waals surface area contributed by atoms with Crippen molar-refractivity contribution < 1.29 is 0 Å². The first-order valence-corrected chi connectivity index (χ1v) is 6.47. The van der Waals surface area contributed by atoms with E-state index in [0.717, 1.165) is 33.8 Å². The third-order valence-electron chi connectivity index (χ3n) is 2.74. The molecule has 0 saturated carbocycles. The van der Waals surface area contributed by atoms with Crippen molar-refractivity contribution in [2.45, 2.75) is 6.42 Å². The third kappa shape index (κ3) is 1.83. The van der Waals surface area contributed by atoms with Crippen molar-refractivity contribution in [3.63, 3.8) is 0 Å². The minimum absolute atomic E-state index is 0.575. The number of aromatic amines is 1. The minimum atomic E-state index is 0.575. The second-order valence-electron chi connectivity index (χ2n) is 3.96. The largest absolute Gasteiger partial charge is 0.360 e. The summed E-state index contributed by atoms with van der Waals surface area (Å²) in [6.45, 7) is 0.575. The number of rotatable bonds is 3. The van der Waals surface area contributed by atoms with Crippen LogP contribution in [0, 0.1) is 0 Å². The second-order valence-corrected chi connectivity index (χ2v) is 4.71. The maximum Gasteiger partial charge on any atom is 0.155 e. The number of nitrogens with two attached hydrogens (primary N) is 1. The van der Waals surface area contributed by atoms with Gasteiger partial charge >= 0.3 is 0 Å². The molecule has 0 aliphatic carbocycles. The molecule has 3 heterocycles. The van der Waals surface area contributed by atoms with Crippen LogP contribution in [-0.2, 0) is 6.42 Å². The van der Waals surface area contributed by atoms with Gasteiger partial charge in [-0.3, -0.25) is 0 Å². The van der Waals surface area contributed by atoms with E-state index in [0.29, 0.717) is 6.54 Å². The van der Waals surface area contributed by atoms with E-state index in [1.54, 1.807) is 4.52 Å². The molecule has 3 N–H and O–H groups in total. The van der Waals surface area contributed by atoms with Gasteiger partial charge in [0.25, 0.3) is 0 Å². The number of H-pyrrole nitrogens is 1. The van der Waals surface area contributed by atoms with Gasteiger partial charge in [-0.05, 0) is 46.7 Å². The lowest BCUT2D eigenvalue weighted by Gasteiger charge is -1.99. The number of fused-ring (bicyclic) bond motifs is 1. The van der Waals surface area contributed by atoms with Gasteiger partial charge in [0.15, 0.2) is 5.65 Å². The average molecular weight is 306 g/mol. The van der Waals surface area contributed by atoms with Crippen LogP contribution in [0.3, 0.4) is 0 Å². The van der Waals surface area contributed by atoms with E-state index in [9.17, 15) is 0 Å². The van der Waals surface area contributed by atoms with Crippen LogP contribution in [0.1, 0.15) is 5.69 Å². The van der Waals surface area contributed by atoms with E-state index in [-0.39, 0.29) is 0 Å². The smallest absolute Gasteiger partial charge is 0.155 e. The van der Waals surface area contributed by atoms with Crippen LogP contribution in [0.5, 0.6) is 0 Å². The van der Waals surface area contributed by atoms with Crippen LogP contribution in [0.15, 0.2) is 35.1 Å². The van der Waals surface area contributed by atoms with Crippen LogP contribution in [0.4, 0.5) is 0 Å². The van der Waals surface area contributed by atoms with E-state index in [1.165, 1.54) is 0 Å². The zero-order chi connectivity index (χ0) is 12.5. The van der Waals surface area contributed by atoms with Gasteiger partial charge in [0.2, 0.25) is 0 Å². The van der Waals surface area contributed by atoms with Gasteiger partial charge in [-0.1, -0.05) is 0 Å². The first-order valence-electron chi connectivity index (χ1n) is 5.67. The highest BCUT2D eigenvalue weighted by atomic mass is 79.9. The molecule has 3 aromatic heterocycles. The van der Waals surface area contributed by atoms with E-state index < -0.39 is 0 Å². The number of nitrogens with zero attached hydrogens (tertiary/aromatic N) is 3. The molecular weight excluding hydrogens is 294 g/mol. The number of imidazole rings is 1. The summed E-state index contributed by atoms with van der Waals surface area (Å²) in [6, 6.07) is 7.84. The maximum atomic E-state index is 5.56. The summed E-state index contributed by atoms with van der Waals surface area (Å²) in [5.74, 6) is 0. The van der Waals surface area contributed by atoms with Crippen LogP contribution in [0.2, 0.25) is 0 Å². The van der Waals surface area contributed by atoms with Gasteiger partial charge < -0.3 is 10.7 Å². The summed E-state index contributed by atoms with van der Waals surface area (Å²) in [5.41, 5.74) is 9.19. The topological polar surface area (TPSA) is 72.0 Å². The van der Waals surface area contributed by atoms with Crippen molar-refractivity contribution in [1.29, 1.82) is 0 Å². The van der Waals surface area contributed by atoms with Crippen LogP contribution >= 0.6 is 15.9 Å². The molecule has 0 aromatic carbocycles. The van der Waals surface area contributed by atoms with Gasteiger partial charge in [0, 0.05) is 12.6 Å². The molecule has 0 aliphatic rings. The fourth-order valence-electron chi connectivity index (χ4n) is 1.88. The van der Waals surface area contributed by atoms with Gasteiger partial charge in [-0.2, -0.15) is 5.10 Å². The van der Waals surface area contributed by atoms with Crippen molar-refractivity contribution in [3.8, 4) is 11.4 Å². The van der Waals surface area contributed by atoms with Crippen molar-refractivity contribution in [1.82, 2.24) is 19.6 Å². The highest BCUT2D eigenvalue weighted by molar-refractivity contribution is 9.10. The Morgan fingerprint density at radius 3 is 2.94 bits per heavy atom. The lowest BCUT2D eigenvalue weighted by molar-refractivity contribution is 0.893. The minimum Gasteiger partial charge on any atom is -0.360 e. The fraction of sp³-hybridized carbons (Fsp3) is 0.167. The highest BCUT2D eigenvalue weighted by Crippen LogP contribution is 2.21. The van der Waals surface area contributed by atoms with Crippen molar-refractivity contribution in [2.75, 3.05) is 6.54 Å². The molecule has 0 saturated heterocycles. The Bertz CT molecular complexity index is 671. The molecule has 0 spiro atoms. The van der Waals surface area contributed by atoms with Gasteiger partial charge in [-0.15, -0.1) is 0 Å². The quantitative estimate of drug-likeness (QED) is 0.777. The Labute approximate surface area is 112 Å². The summed E-state index contributed by atoms with van der Waals surface area (Å²) in [5, 5.41) is 4.56. The number of aromatic nitrogens is 4. The lowest BCUT2D eigenvalue weighted by atomic mass is 10.3. The van der Waals surface area contributed by atoms with E-state index >= 15 is 0 Å². The van der Waals surface area contributed by atoms with Crippen molar-refractivity contribution in [2.24, 2.45) is 5.73 Å². The zero-order valence-electron chi connectivity index (χ0n) is 9.60. The van der Waals surface area contributed by atoms with E-state index in [1.807, 2.05) is 30.5 Å². The predicted octanol–water partition coefficient (Wildman–Crippen LogP) is 1.99. The second kappa shape index (κ2) is 4.55. The fourth-order valence-corrected chi connectivity index (χ4v) is 2.43. The van der Waals surface area contributed by atoms with Crippen LogP contribution < -0.4 is 5.73 Å². The Hall–Kier alpha value is -1.66. The van der Waals surface area contributed by atoms with Gasteiger partial charge in [0.05, 0.1) is 11.4 Å². The lowest BCUT2D eigenvalue weighted by Crippen LogP contribution is -2.03. The predicted molar refractivity (Wildman–Crippen MR) is 73.2 cm³/mol. The first kappa shape index (κ1) is 11.4. The molecule has 0 radical (unpaired) electrons. The molecule has 0 bridgehead atoms. The van der Waals surface area contributed by atoms with E-state index in [4.69, 9.17) is 5.73 Å². The number of nitrogens with one attached hydrogen (secondary N) is 1. The van der Waals surface area contributed by atoms with Gasteiger partial charge in [-0.25, -0.2) is 9.50 Å². The summed E-state index contributed by atoms with van der Waals surface area (Å²) in [6.07, 6.45) is 2.62. The molecule has 0 amide bonds. The average Bonchev–Trinajstić information content (AvgIpc) is 3.00. The monoisotopic (exact) mass is 305 g/mol. The Morgan fingerprint density at radius 1 is 1.33 bits per heavy atom. The Morgan fingerprint density at radius 2 is 2.22 bits per heavy atom. The van der Waals surface area contributed by atoms with Crippen LogP contribution in [-0.4, -0.2) is 26.1 Å². The molecule has 0 atom stereocenters. The standard InChI is InChI=1S/C12H12BrN5/c13-12-10(5-6-14)16-11-4-3-9(17-18(11)12)8-2-1-7-15-8/h1-4,7,15H,5-6,14H2. The molecule has 5 nitrogen and oxygen atoms in total. The normalized spacial score (nSPS) is 11.2. The highest BCUT2D eigenvalue weighted by Gasteiger charge is 2.11. The summed E-state index contributed by atoms with van der Waals surface area (Å²) < 4.78 is 2.66. The SMILES string of the molecule is NCCc1nc2ccc(-c3ccc[nH]3)nn2c1Br. The molecule has 18 heavy (non-hydrogen) atoms. The summed E-state index contributed by atoms with van der Waals surface area (Å²) in [7, 11) is 0. The molecule has 3 aromatic rings. The number of hydrogen-bond donors (Lipinski definition) is 2. The third-order valence-corrected chi connectivity index (χ3v) is 3.54. The molecule has 0 fully saturated rings. The number of halogens is 1. The molecule has 92 valence electrons. The molecule has 0 unspecified atom stereocenters. The Kier molecular flexibility index (Phi) is 2.89. The first-order chi connectivity index (χ1) is 8.79. The summed E-state index contributed by atoms with van der Waals surface area (Å²) >= 11 is 3.52. The van der Waals surface area contributed by atoms with Gasteiger partial charge in [0.1, 0.15) is 10.3 Å². The zero-order valence-corrected chi connectivity index (χ0v) is 11.2. The Balaban J connectivity index is 2.14. The molecule has 6 heteroatoms. The van der Waals surface area contributed by atoms with Crippen molar-refractivity contribution >= 4 is 21.6 Å². The van der Waals surface area contributed by atoms with E-state index in [2.05, 4.69) is 31.0 Å². The molecule has 0 aliphatic heterocycles. The molecule has 3 rings (SSSR count). The van der Waals surface area contributed by atoms with Crippen molar-refractivity contribution in [3.05, 3.63) is 40.8 Å². The van der Waals surface area contributed by atoms with Crippen LogP contribution in [0.25, 0.3) is 17.0 Å². The number of hydrogen-bond acceptors (Lipinski definition) is 3. The molecular formula is C12H12BrN5.